The summed E-state index contributed by atoms with van der Waals surface area (Å²) in [5.41, 5.74) is 2.36. The summed E-state index contributed by atoms with van der Waals surface area (Å²) in [4.78, 5) is 4.66. The largest absolute Gasteiger partial charge is 0.493 e. The van der Waals surface area contributed by atoms with Gasteiger partial charge in [0.2, 0.25) is 0 Å². The van der Waals surface area contributed by atoms with Gasteiger partial charge < -0.3 is 25.2 Å². The zero-order valence-corrected chi connectivity index (χ0v) is 17.0. The first-order valence-corrected chi connectivity index (χ1v) is 10.1. The molecule has 1 aromatic heterocycles. The summed E-state index contributed by atoms with van der Waals surface area (Å²) in [6.45, 7) is 6.61. The van der Waals surface area contributed by atoms with Crippen LogP contribution in [0.3, 0.4) is 0 Å². The average Bonchev–Trinajstić information content (AvgIpc) is 3.23. The number of rotatable bonds is 10. The number of aliphatic imine (C=N–C) groups is 1. The molecule has 1 heterocycles. The van der Waals surface area contributed by atoms with Crippen molar-refractivity contribution < 1.29 is 14.6 Å². The van der Waals surface area contributed by atoms with Gasteiger partial charge in [-0.15, -0.1) is 0 Å². The van der Waals surface area contributed by atoms with Crippen molar-refractivity contribution in [3.63, 3.8) is 0 Å². The first-order valence-electron chi connectivity index (χ1n) is 9.12. The predicted octanol–water partition coefficient (Wildman–Crippen LogP) is 2.99. The van der Waals surface area contributed by atoms with Gasteiger partial charge in [-0.05, 0) is 52.9 Å². The molecule has 0 aliphatic rings. The normalized spacial score (nSPS) is 12.5. The molecule has 6 nitrogen and oxygen atoms in total. The Morgan fingerprint density at radius 2 is 2.11 bits per heavy atom. The van der Waals surface area contributed by atoms with Crippen LogP contribution in [-0.4, -0.2) is 44.5 Å². The fourth-order valence-electron chi connectivity index (χ4n) is 2.52. The second kappa shape index (κ2) is 11.5. The van der Waals surface area contributed by atoms with Crippen LogP contribution in [0.1, 0.15) is 30.9 Å². The van der Waals surface area contributed by atoms with Crippen LogP contribution >= 0.6 is 11.3 Å². The molecule has 1 unspecified atom stereocenters. The molecule has 27 heavy (non-hydrogen) atoms. The second-order valence-electron chi connectivity index (χ2n) is 6.09. The Balaban J connectivity index is 1.98. The summed E-state index contributed by atoms with van der Waals surface area (Å²) in [6, 6.07) is 7.87. The van der Waals surface area contributed by atoms with Crippen molar-refractivity contribution in [2.24, 2.45) is 4.99 Å². The molecule has 1 aromatic carbocycles. The molecule has 0 aliphatic carbocycles. The molecule has 2 aromatic rings. The number of hydrogen-bond donors (Lipinski definition) is 3. The van der Waals surface area contributed by atoms with E-state index in [2.05, 4.69) is 46.3 Å². The van der Waals surface area contributed by atoms with Crippen molar-refractivity contribution in [1.29, 1.82) is 0 Å². The van der Waals surface area contributed by atoms with Crippen molar-refractivity contribution in [3.05, 3.63) is 46.2 Å². The van der Waals surface area contributed by atoms with Crippen LogP contribution in [0.15, 0.2) is 40.0 Å². The Bertz CT molecular complexity index is 705. The minimum atomic E-state index is -0.0310. The van der Waals surface area contributed by atoms with Crippen molar-refractivity contribution in [2.75, 3.05) is 33.4 Å². The van der Waals surface area contributed by atoms with Crippen LogP contribution in [0.2, 0.25) is 0 Å². The molecule has 0 amide bonds. The van der Waals surface area contributed by atoms with Crippen LogP contribution in [0, 0.1) is 0 Å². The monoisotopic (exact) mass is 391 g/mol. The van der Waals surface area contributed by atoms with Crippen LogP contribution in [0.5, 0.6) is 11.5 Å². The zero-order valence-electron chi connectivity index (χ0n) is 16.2. The molecule has 148 valence electrons. The minimum absolute atomic E-state index is 0.0310. The standard InChI is InChI=1S/C20H29N3O3S/c1-4-21-20(22-12-15(2)17-7-10-27-14-17)23-13-16-5-6-18(26-9-8-24)19(11-16)25-3/h5-7,10-11,14-15,24H,4,8-9,12-13H2,1-3H3,(H2,21,22,23). The third-order valence-electron chi connectivity index (χ3n) is 4.03. The molecule has 2 rings (SSSR count). The Morgan fingerprint density at radius 1 is 1.26 bits per heavy atom. The summed E-state index contributed by atoms with van der Waals surface area (Å²) in [6.07, 6.45) is 0. The highest BCUT2D eigenvalue weighted by Crippen LogP contribution is 2.28. The molecular formula is C20H29N3O3S. The lowest BCUT2D eigenvalue weighted by Crippen LogP contribution is -2.39. The molecule has 0 aliphatic heterocycles. The number of nitrogens with one attached hydrogen (secondary N) is 2. The van der Waals surface area contributed by atoms with E-state index in [9.17, 15) is 0 Å². The first-order chi connectivity index (χ1) is 13.2. The van der Waals surface area contributed by atoms with Crippen molar-refractivity contribution in [1.82, 2.24) is 10.6 Å². The number of benzene rings is 1. The van der Waals surface area contributed by atoms with E-state index in [1.54, 1.807) is 18.4 Å². The maximum absolute atomic E-state index is 8.89. The molecule has 0 saturated carbocycles. The Hall–Kier alpha value is -2.25. The fraction of sp³-hybridized carbons (Fsp3) is 0.450. The number of aliphatic hydroxyl groups is 1. The SMILES string of the molecule is CCNC(=NCc1ccc(OCCO)c(OC)c1)NCC(C)c1ccsc1. The Kier molecular flexibility index (Phi) is 8.94. The quantitative estimate of drug-likeness (QED) is 0.429. The number of ether oxygens (including phenoxy) is 2. The zero-order chi connectivity index (χ0) is 19.5. The van der Waals surface area contributed by atoms with Crippen molar-refractivity contribution in [3.8, 4) is 11.5 Å². The smallest absolute Gasteiger partial charge is 0.191 e. The molecule has 3 N–H and O–H groups in total. The van der Waals surface area contributed by atoms with Gasteiger partial charge in [-0.2, -0.15) is 11.3 Å². The van der Waals surface area contributed by atoms with Gasteiger partial charge in [0.05, 0.1) is 20.3 Å². The lowest BCUT2D eigenvalue weighted by atomic mass is 10.1. The van der Waals surface area contributed by atoms with Crippen molar-refractivity contribution >= 4 is 17.3 Å². The maximum Gasteiger partial charge on any atom is 0.191 e. The maximum atomic E-state index is 8.89. The first kappa shape index (κ1) is 21.1. The molecular weight excluding hydrogens is 362 g/mol. The third-order valence-corrected chi connectivity index (χ3v) is 4.73. The molecule has 0 bridgehead atoms. The third kappa shape index (κ3) is 6.77. The molecule has 0 spiro atoms. The van der Waals surface area contributed by atoms with Gasteiger partial charge in [0, 0.05) is 13.1 Å². The average molecular weight is 392 g/mol. The van der Waals surface area contributed by atoms with Crippen LogP contribution in [-0.2, 0) is 6.54 Å². The Labute approximate surface area is 165 Å². The van der Waals surface area contributed by atoms with Gasteiger partial charge in [0.15, 0.2) is 17.5 Å². The topological polar surface area (TPSA) is 75.1 Å². The fourth-order valence-corrected chi connectivity index (χ4v) is 3.30. The second-order valence-corrected chi connectivity index (χ2v) is 6.87. The molecule has 0 saturated heterocycles. The van der Waals surface area contributed by atoms with Crippen LogP contribution in [0.4, 0.5) is 0 Å². The van der Waals surface area contributed by atoms with E-state index in [1.165, 1.54) is 5.56 Å². The molecule has 0 fully saturated rings. The molecule has 1 atom stereocenters. The Morgan fingerprint density at radius 3 is 2.78 bits per heavy atom. The van der Waals surface area contributed by atoms with Gasteiger partial charge in [-0.25, -0.2) is 4.99 Å². The van der Waals surface area contributed by atoms with E-state index in [-0.39, 0.29) is 13.2 Å². The predicted molar refractivity (Wildman–Crippen MR) is 111 cm³/mol. The minimum Gasteiger partial charge on any atom is -0.493 e. The van der Waals surface area contributed by atoms with E-state index in [1.807, 2.05) is 18.2 Å². The summed E-state index contributed by atoms with van der Waals surface area (Å²) in [5, 5.41) is 19.9. The van der Waals surface area contributed by atoms with Gasteiger partial charge in [-0.1, -0.05) is 13.0 Å². The van der Waals surface area contributed by atoms with Gasteiger partial charge in [-0.3, -0.25) is 0 Å². The summed E-state index contributed by atoms with van der Waals surface area (Å²) < 4.78 is 10.8. The van der Waals surface area contributed by atoms with Gasteiger partial charge in [0.25, 0.3) is 0 Å². The van der Waals surface area contributed by atoms with E-state index in [0.717, 1.165) is 24.6 Å². The molecule has 0 radical (unpaired) electrons. The lowest BCUT2D eigenvalue weighted by Gasteiger charge is -2.15. The number of nitrogens with zero attached hydrogens (tertiary/aromatic N) is 1. The summed E-state index contributed by atoms with van der Waals surface area (Å²) >= 11 is 1.72. The highest BCUT2D eigenvalue weighted by atomic mass is 32.1. The van der Waals surface area contributed by atoms with E-state index < -0.39 is 0 Å². The van der Waals surface area contributed by atoms with Gasteiger partial charge in [0.1, 0.15) is 6.61 Å². The molecule has 7 heteroatoms. The van der Waals surface area contributed by atoms with E-state index in [4.69, 9.17) is 14.6 Å². The number of methoxy groups -OCH3 is 1. The van der Waals surface area contributed by atoms with E-state index in [0.29, 0.717) is 24.0 Å². The van der Waals surface area contributed by atoms with Crippen LogP contribution < -0.4 is 20.1 Å². The summed E-state index contributed by atoms with van der Waals surface area (Å²) in [5.74, 6) is 2.47. The highest BCUT2D eigenvalue weighted by Gasteiger charge is 2.08. The van der Waals surface area contributed by atoms with Crippen LogP contribution in [0.25, 0.3) is 0 Å². The summed E-state index contributed by atoms with van der Waals surface area (Å²) in [7, 11) is 1.60. The number of guanidine groups is 1. The van der Waals surface area contributed by atoms with Crippen molar-refractivity contribution in [2.45, 2.75) is 26.3 Å². The number of thiophene rings is 1. The lowest BCUT2D eigenvalue weighted by molar-refractivity contribution is 0.196. The highest BCUT2D eigenvalue weighted by molar-refractivity contribution is 7.07. The van der Waals surface area contributed by atoms with E-state index >= 15 is 0 Å². The number of aliphatic hydroxyl groups excluding tert-OH is 1. The number of hydrogen-bond acceptors (Lipinski definition) is 5. The van der Waals surface area contributed by atoms with Gasteiger partial charge >= 0.3 is 0 Å².